The van der Waals surface area contributed by atoms with E-state index >= 15 is 0 Å². The molecule has 0 radical (unpaired) electrons. The maximum absolute atomic E-state index is 12.8. The fourth-order valence-electron chi connectivity index (χ4n) is 3.76. The van der Waals surface area contributed by atoms with Crippen molar-refractivity contribution in [1.82, 2.24) is 10.2 Å². The van der Waals surface area contributed by atoms with Crippen LogP contribution in [0.5, 0.6) is 0 Å². The van der Waals surface area contributed by atoms with Gasteiger partial charge in [-0.25, -0.2) is 0 Å². The van der Waals surface area contributed by atoms with Crippen molar-refractivity contribution in [3.8, 4) is 0 Å². The number of allylic oxidation sites excluding steroid dienone is 1. The number of amides is 3. The highest BCUT2D eigenvalue weighted by molar-refractivity contribution is 6.23. The summed E-state index contributed by atoms with van der Waals surface area (Å²) in [5, 5.41) is 11.2. The molecule has 2 aliphatic rings. The van der Waals surface area contributed by atoms with Gasteiger partial charge in [-0.05, 0) is 49.8 Å². The summed E-state index contributed by atoms with van der Waals surface area (Å²) in [5.74, 6) is -2.23. The third-order valence-electron chi connectivity index (χ3n) is 5.41. The molecule has 2 heterocycles. The Morgan fingerprint density at radius 2 is 1.77 bits per heavy atom. The minimum absolute atomic E-state index is 0.0315. The number of hydrogen-bond acceptors (Lipinski definition) is 5. The van der Waals surface area contributed by atoms with E-state index in [1.54, 1.807) is 18.2 Å². The van der Waals surface area contributed by atoms with Gasteiger partial charge in [0.1, 0.15) is 11.8 Å². The predicted octanol–water partition coefficient (Wildman–Crippen LogP) is 2.22. The van der Waals surface area contributed by atoms with E-state index in [1.165, 1.54) is 0 Å². The summed E-state index contributed by atoms with van der Waals surface area (Å²) in [4.78, 5) is 61.3. The Balaban J connectivity index is 1.61. The molecule has 0 spiro atoms. The molecule has 1 aromatic rings. The van der Waals surface area contributed by atoms with Crippen molar-refractivity contribution in [3.63, 3.8) is 0 Å². The average molecular weight is 412 g/mol. The molecule has 2 N–H and O–H groups in total. The van der Waals surface area contributed by atoms with Crippen LogP contribution in [0.4, 0.5) is 0 Å². The molecule has 0 aromatic heterocycles. The van der Waals surface area contributed by atoms with Crippen molar-refractivity contribution in [2.45, 2.75) is 57.4 Å². The number of piperidine rings is 1. The van der Waals surface area contributed by atoms with Crippen molar-refractivity contribution < 1.29 is 29.1 Å². The van der Waals surface area contributed by atoms with E-state index in [0.717, 1.165) is 10.5 Å². The summed E-state index contributed by atoms with van der Waals surface area (Å²) in [7, 11) is 0. The van der Waals surface area contributed by atoms with Gasteiger partial charge in [-0.1, -0.05) is 12.6 Å². The first kappa shape index (κ1) is 21.4. The second-order valence-electron chi connectivity index (χ2n) is 7.65. The molecule has 0 saturated carbocycles. The monoisotopic (exact) mass is 412 g/mol. The van der Waals surface area contributed by atoms with Crippen molar-refractivity contribution in [2.75, 3.05) is 0 Å². The number of aryl methyl sites for hydroxylation is 1. The number of carboxylic acids is 1. The van der Waals surface area contributed by atoms with Gasteiger partial charge >= 0.3 is 5.97 Å². The number of benzene rings is 1. The lowest BCUT2D eigenvalue weighted by molar-refractivity contribution is -0.137. The second kappa shape index (κ2) is 9.02. The number of rotatable bonds is 9. The molecule has 3 rings (SSSR count). The number of nitrogens with one attached hydrogen (secondary N) is 1. The van der Waals surface area contributed by atoms with Crippen LogP contribution in [0.25, 0.3) is 0 Å². The first-order valence-corrected chi connectivity index (χ1v) is 10.0. The second-order valence-corrected chi connectivity index (χ2v) is 7.65. The molecule has 0 bridgehead atoms. The highest BCUT2D eigenvalue weighted by atomic mass is 16.4. The van der Waals surface area contributed by atoms with Crippen LogP contribution in [0.15, 0.2) is 30.5 Å². The smallest absolute Gasteiger partial charge is 0.303 e. The number of hydrogen-bond donors (Lipinski definition) is 2. The zero-order valence-corrected chi connectivity index (χ0v) is 16.6. The summed E-state index contributed by atoms with van der Waals surface area (Å²) in [5.41, 5.74) is 1.85. The molecule has 1 saturated heterocycles. The summed E-state index contributed by atoms with van der Waals surface area (Å²) < 4.78 is 0. The largest absolute Gasteiger partial charge is 0.481 e. The van der Waals surface area contributed by atoms with Crippen LogP contribution < -0.4 is 5.32 Å². The number of carbonyl (C=O) groups excluding carboxylic acids is 4. The Kier molecular flexibility index (Phi) is 6.44. The minimum atomic E-state index is -0.871. The number of carbonyl (C=O) groups is 5. The molecule has 30 heavy (non-hydrogen) atoms. The molecule has 0 aliphatic carbocycles. The lowest BCUT2D eigenvalue weighted by Crippen LogP contribution is -2.51. The van der Waals surface area contributed by atoms with Crippen LogP contribution in [0.1, 0.15) is 71.2 Å². The third-order valence-corrected chi connectivity index (χ3v) is 5.41. The SMILES string of the molecule is C=C1CCC(N2C(=O)c3ccc(CCC(=O)CCCCC(=O)O)cc3C2=O)C(=O)N1. The van der Waals surface area contributed by atoms with Crippen LogP contribution in [0.2, 0.25) is 0 Å². The van der Waals surface area contributed by atoms with E-state index in [-0.39, 0.29) is 29.8 Å². The molecule has 1 atom stereocenters. The predicted molar refractivity (Wildman–Crippen MR) is 107 cm³/mol. The number of ketones is 1. The topological polar surface area (TPSA) is 121 Å². The van der Waals surface area contributed by atoms with Gasteiger partial charge in [0, 0.05) is 25.0 Å². The Morgan fingerprint density at radius 1 is 1.07 bits per heavy atom. The van der Waals surface area contributed by atoms with E-state index < -0.39 is 29.7 Å². The molecule has 158 valence electrons. The minimum Gasteiger partial charge on any atom is -0.481 e. The Labute approximate surface area is 173 Å². The third kappa shape index (κ3) is 4.64. The zero-order chi connectivity index (χ0) is 21.8. The van der Waals surface area contributed by atoms with E-state index in [1.807, 2.05) is 0 Å². The Morgan fingerprint density at radius 3 is 2.47 bits per heavy atom. The molecule has 2 aliphatic heterocycles. The number of nitrogens with zero attached hydrogens (tertiary/aromatic N) is 1. The summed E-state index contributed by atoms with van der Waals surface area (Å²) in [6.07, 6.45) is 2.94. The number of aliphatic carboxylic acids is 1. The number of fused-ring (bicyclic) bond motifs is 1. The van der Waals surface area contributed by atoms with Gasteiger partial charge < -0.3 is 10.4 Å². The molecule has 3 amide bonds. The average Bonchev–Trinajstić information content (AvgIpc) is 2.94. The fraction of sp³-hybridized carbons (Fsp3) is 0.409. The van der Waals surface area contributed by atoms with Crippen molar-refractivity contribution in [1.29, 1.82) is 0 Å². The van der Waals surface area contributed by atoms with Crippen LogP contribution >= 0.6 is 0 Å². The summed E-state index contributed by atoms with van der Waals surface area (Å²) >= 11 is 0. The van der Waals surface area contributed by atoms with Crippen LogP contribution in [-0.2, 0) is 20.8 Å². The van der Waals surface area contributed by atoms with Gasteiger partial charge in [0.15, 0.2) is 0 Å². The highest BCUT2D eigenvalue weighted by Gasteiger charge is 2.43. The molecule has 8 heteroatoms. The molecular formula is C22H24N2O6. The first-order valence-electron chi connectivity index (χ1n) is 10.0. The number of Topliss-reactive ketones (excluding diaryl/α,β-unsaturated/α-hetero) is 1. The van der Waals surface area contributed by atoms with Gasteiger partial charge in [0.25, 0.3) is 11.8 Å². The first-order chi connectivity index (χ1) is 14.3. The Bertz CT molecular complexity index is 936. The Hall–Kier alpha value is -3.29. The maximum Gasteiger partial charge on any atom is 0.303 e. The number of carboxylic acid groups (broad SMARTS) is 1. The van der Waals surface area contributed by atoms with Crippen molar-refractivity contribution >= 4 is 29.5 Å². The lowest BCUT2D eigenvalue weighted by Gasteiger charge is -2.29. The van der Waals surface area contributed by atoms with Crippen LogP contribution in [0.3, 0.4) is 0 Å². The number of imide groups is 1. The van der Waals surface area contributed by atoms with E-state index in [9.17, 15) is 24.0 Å². The highest BCUT2D eigenvalue weighted by Crippen LogP contribution is 2.29. The quantitative estimate of drug-likeness (QED) is 0.474. The van der Waals surface area contributed by atoms with Gasteiger partial charge in [-0.3, -0.25) is 28.9 Å². The van der Waals surface area contributed by atoms with Gasteiger partial charge in [0.2, 0.25) is 5.91 Å². The molecule has 1 unspecified atom stereocenters. The van der Waals surface area contributed by atoms with E-state index in [0.29, 0.717) is 44.2 Å². The standard InChI is InChI=1S/C22H24N2O6/c1-13-6-11-18(20(28)23-13)24-21(29)16-10-8-14(12-17(16)22(24)30)7-9-15(25)4-2-3-5-19(26)27/h8,10,12,18H,1-7,9,11H2,(H,23,28)(H,26,27). The molecule has 8 nitrogen and oxygen atoms in total. The molecule has 1 fully saturated rings. The maximum atomic E-state index is 12.8. The van der Waals surface area contributed by atoms with Gasteiger partial charge in [0.05, 0.1) is 11.1 Å². The summed E-state index contributed by atoms with van der Waals surface area (Å²) in [6, 6.07) is 4.06. The fourth-order valence-corrected chi connectivity index (χ4v) is 3.76. The lowest BCUT2D eigenvalue weighted by atomic mass is 10.00. The zero-order valence-electron chi connectivity index (χ0n) is 16.6. The van der Waals surface area contributed by atoms with Crippen molar-refractivity contribution in [2.24, 2.45) is 0 Å². The summed E-state index contributed by atoms with van der Waals surface area (Å²) in [6.45, 7) is 3.71. The van der Waals surface area contributed by atoms with E-state index in [2.05, 4.69) is 11.9 Å². The normalized spacial score (nSPS) is 18.4. The molecule has 1 aromatic carbocycles. The van der Waals surface area contributed by atoms with Crippen LogP contribution in [-0.4, -0.2) is 45.5 Å². The van der Waals surface area contributed by atoms with Gasteiger partial charge in [-0.15, -0.1) is 0 Å². The number of unbranched alkanes of at least 4 members (excludes halogenated alkanes) is 1. The molecular weight excluding hydrogens is 388 g/mol. The van der Waals surface area contributed by atoms with Crippen LogP contribution in [0, 0.1) is 0 Å². The van der Waals surface area contributed by atoms with E-state index in [4.69, 9.17) is 5.11 Å². The van der Waals surface area contributed by atoms with Crippen molar-refractivity contribution in [3.05, 3.63) is 47.2 Å². The van der Waals surface area contributed by atoms with Gasteiger partial charge in [-0.2, -0.15) is 0 Å².